The summed E-state index contributed by atoms with van der Waals surface area (Å²) in [4.78, 5) is 24.6. The van der Waals surface area contributed by atoms with Gasteiger partial charge in [-0.25, -0.2) is 0 Å². The predicted octanol–water partition coefficient (Wildman–Crippen LogP) is 4.57. The third kappa shape index (κ3) is 6.24. The lowest BCUT2D eigenvalue weighted by molar-refractivity contribution is 0.867. The monoisotopic (exact) mass is 366 g/mol. The third-order valence-corrected chi connectivity index (χ3v) is 4.55. The molecule has 0 aromatic heterocycles. The van der Waals surface area contributed by atoms with Gasteiger partial charge in [0.1, 0.15) is 0 Å². The van der Waals surface area contributed by atoms with Crippen LogP contribution in [0.15, 0.2) is 58.1 Å². The van der Waals surface area contributed by atoms with E-state index in [4.69, 9.17) is 0 Å². The van der Waals surface area contributed by atoms with Crippen molar-refractivity contribution in [3.8, 4) is 0 Å². The summed E-state index contributed by atoms with van der Waals surface area (Å²) in [6.45, 7) is 9.62. The highest BCUT2D eigenvalue weighted by Crippen LogP contribution is 2.13. The third-order valence-electron chi connectivity index (χ3n) is 4.55. The zero-order valence-corrected chi connectivity index (χ0v) is 16.7. The van der Waals surface area contributed by atoms with Crippen molar-refractivity contribution in [1.29, 1.82) is 0 Å². The fraction of sp³-hybridized carbons (Fsp3) is 0.391. The summed E-state index contributed by atoms with van der Waals surface area (Å²) in [6.07, 6.45) is 0.796. The maximum absolute atomic E-state index is 12.3. The Bertz CT molecular complexity index is 803. The summed E-state index contributed by atoms with van der Waals surface area (Å²) in [6, 6.07) is 14.8. The quantitative estimate of drug-likeness (QED) is 0.672. The molecular formula is C23H30N2O2. The summed E-state index contributed by atoms with van der Waals surface area (Å²) in [5.74, 6) is 0.652. The molecule has 0 heterocycles. The highest BCUT2D eigenvalue weighted by atomic mass is 16.1. The number of hydrogen-bond donors (Lipinski definition) is 2. The lowest BCUT2D eigenvalue weighted by Gasteiger charge is -2.06. The van der Waals surface area contributed by atoms with Gasteiger partial charge in [-0.1, -0.05) is 52.0 Å². The summed E-state index contributed by atoms with van der Waals surface area (Å²) < 4.78 is 0. The lowest BCUT2D eigenvalue weighted by atomic mass is 10.1. The van der Waals surface area contributed by atoms with E-state index in [0.29, 0.717) is 36.3 Å². The summed E-state index contributed by atoms with van der Waals surface area (Å²) in [5, 5.41) is 6.40. The molecule has 0 bridgehead atoms. The first-order valence-corrected chi connectivity index (χ1v) is 9.64. The fourth-order valence-corrected chi connectivity index (χ4v) is 2.77. The minimum atomic E-state index is 0.00908. The van der Waals surface area contributed by atoms with Crippen molar-refractivity contribution in [2.75, 3.05) is 23.7 Å². The number of anilines is 2. The minimum absolute atomic E-state index is 0.00908. The van der Waals surface area contributed by atoms with Crippen LogP contribution in [0.4, 0.5) is 11.4 Å². The van der Waals surface area contributed by atoms with Crippen LogP contribution in [0.1, 0.15) is 57.1 Å². The van der Waals surface area contributed by atoms with E-state index < -0.39 is 0 Å². The molecule has 2 N–H and O–H groups in total. The maximum Gasteiger partial charge on any atom is 0.201 e. The molecule has 0 aliphatic rings. The van der Waals surface area contributed by atoms with Crippen LogP contribution in [0.3, 0.4) is 0 Å². The van der Waals surface area contributed by atoms with Gasteiger partial charge in [0.15, 0.2) is 0 Å². The standard InChI is InChI=1S/C23H30N2O2/c1-16(2)18-8-5-10-20(22(26)14-18)24-12-7-13-25-21-11-6-9-19(17(3)4)15-23(21)27/h5-6,8-11,14-17H,7,12-13H2,1-4H3,(H,24,26)(H,25,27). The van der Waals surface area contributed by atoms with Crippen molar-refractivity contribution >= 4 is 11.4 Å². The first-order chi connectivity index (χ1) is 12.9. The van der Waals surface area contributed by atoms with Crippen LogP contribution in [0.2, 0.25) is 0 Å². The second kappa shape index (κ2) is 9.91. The Morgan fingerprint density at radius 3 is 1.48 bits per heavy atom. The molecule has 0 fully saturated rings. The molecule has 27 heavy (non-hydrogen) atoms. The van der Waals surface area contributed by atoms with Crippen LogP contribution in [0, 0.1) is 0 Å². The number of hydrogen-bond acceptors (Lipinski definition) is 4. The van der Waals surface area contributed by atoms with Crippen molar-refractivity contribution in [2.45, 2.75) is 46.0 Å². The topological polar surface area (TPSA) is 58.2 Å². The van der Waals surface area contributed by atoms with Crippen LogP contribution in [0.25, 0.3) is 0 Å². The van der Waals surface area contributed by atoms with Gasteiger partial charge < -0.3 is 10.6 Å². The van der Waals surface area contributed by atoms with Gasteiger partial charge >= 0.3 is 0 Å². The molecule has 0 saturated heterocycles. The number of nitrogens with one attached hydrogen (secondary N) is 2. The van der Waals surface area contributed by atoms with Gasteiger partial charge in [-0.05, 0) is 53.6 Å². The van der Waals surface area contributed by atoms with E-state index in [-0.39, 0.29) is 10.9 Å². The second-order valence-electron chi connectivity index (χ2n) is 7.41. The Hall–Kier alpha value is -2.62. The van der Waals surface area contributed by atoms with E-state index in [1.54, 1.807) is 12.1 Å². The van der Waals surface area contributed by atoms with Gasteiger partial charge in [0.05, 0.1) is 11.4 Å². The highest BCUT2D eigenvalue weighted by Gasteiger charge is 2.03. The Balaban J connectivity index is 1.90. The van der Waals surface area contributed by atoms with Gasteiger partial charge in [0.2, 0.25) is 10.9 Å². The van der Waals surface area contributed by atoms with Crippen molar-refractivity contribution < 1.29 is 0 Å². The molecule has 0 aliphatic carbocycles. The Kier molecular flexibility index (Phi) is 7.59. The molecular weight excluding hydrogens is 336 g/mol. The molecule has 144 valence electrons. The van der Waals surface area contributed by atoms with Crippen molar-refractivity contribution in [1.82, 2.24) is 0 Å². The van der Waals surface area contributed by atoms with Gasteiger partial charge in [-0.2, -0.15) is 0 Å². The Morgan fingerprint density at radius 1 is 0.704 bits per heavy atom. The molecule has 4 nitrogen and oxygen atoms in total. The molecule has 2 aromatic rings. The smallest absolute Gasteiger partial charge is 0.201 e. The molecule has 0 unspecified atom stereocenters. The highest BCUT2D eigenvalue weighted by molar-refractivity contribution is 5.44. The van der Waals surface area contributed by atoms with Crippen molar-refractivity contribution in [3.63, 3.8) is 0 Å². The summed E-state index contributed by atoms with van der Waals surface area (Å²) in [7, 11) is 0. The molecule has 0 saturated carbocycles. The average Bonchev–Trinajstić information content (AvgIpc) is 2.91. The van der Waals surface area contributed by atoms with Crippen LogP contribution in [0.5, 0.6) is 0 Å². The van der Waals surface area contributed by atoms with Crippen molar-refractivity contribution in [3.05, 3.63) is 80.1 Å². The van der Waals surface area contributed by atoms with E-state index in [0.717, 1.165) is 17.5 Å². The van der Waals surface area contributed by atoms with E-state index in [1.807, 2.05) is 36.4 Å². The maximum atomic E-state index is 12.3. The molecule has 4 heteroatoms. The van der Waals surface area contributed by atoms with E-state index in [1.165, 1.54) is 0 Å². The van der Waals surface area contributed by atoms with Gasteiger partial charge in [0.25, 0.3) is 0 Å². The molecule has 0 atom stereocenters. The molecule has 2 rings (SSSR count). The van der Waals surface area contributed by atoms with Crippen LogP contribution in [-0.4, -0.2) is 13.1 Å². The average molecular weight is 367 g/mol. The first-order valence-electron chi connectivity index (χ1n) is 9.64. The van der Waals surface area contributed by atoms with E-state index in [9.17, 15) is 9.59 Å². The molecule has 0 amide bonds. The molecule has 2 aromatic carbocycles. The molecule has 0 spiro atoms. The van der Waals surface area contributed by atoms with Crippen LogP contribution >= 0.6 is 0 Å². The first kappa shape index (κ1) is 20.7. The number of rotatable bonds is 8. The van der Waals surface area contributed by atoms with E-state index in [2.05, 4.69) is 38.3 Å². The second-order valence-corrected chi connectivity index (χ2v) is 7.41. The molecule has 0 aliphatic heterocycles. The minimum Gasteiger partial charge on any atom is -0.382 e. The van der Waals surface area contributed by atoms with Crippen LogP contribution in [-0.2, 0) is 0 Å². The Labute approximate surface area is 161 Å². The van der Waals surface area contributed by atoms with Gasteiger partial charge in [-0.15, -0.1) is 0 Å². The molecule has 0 radical (unpaired) electrons. The summed E-state index contributed by atoms with van der Waals surface area (Å²) >= 11 is 0. The largest absolute Gasteiger partial charge is 0.382 e. The van der Waals surface area contributed by atoms with Crippen molar-refractivity contribution in [2.24, 2.45) is 0 Å². The van der Waals surface area contributed by atoms with E-state index >= 15 is 0 Å². The zero-order chi connectivity index (χ0) is 19.8. The van der Waals surface area contributed by atoms with Gasteiger partial charge in [0, 0.05) is 13.1 Å². The van der Waals surface area contributed by atoms with Crippen LogP contribution < -0.4 is 21.5 Å². The van der Waals surface area contributed by atoms with Gasteiger partial charge in [-0.3, -0.25) is 9.59 Å². The SMILES string of the molecule is CC(C)c1cccc(NCCCNc2cccc(C(C)C)cc2=O)c(=O)c1. The summed E-state index contributed by atoms with van der Waals surface area (Å²) in [5.41, 5.74) is 3.31. The predicted molar refractivity (Wildman–Crippen MR) is 115 cm³/mol. The fourth-order valence-electron chi connectivity index (χ4n) is 2.77. The Morgan fingerprint density at radius 2 is 1.11 bits per heavy atom. The normalized spacial score (nSPS) is 10.9. The zero-order valence-electron chi connectivity index (χ0n) is 16.7. The lowest BCUT2D eigenvalue weighted by Crippen LogP contribution is -2.15.